The molecule has 2 atom stereocenters. The number of ketones is 1. The van der Waals surface area contributed by atoms with Gasteiger partial charge >= 0.3 is 5.63 Å². The third kappa shape index (κ3) is 2.92. The van der Waals surface area contributed by atoms with E-state index < -0.39 is 17.3 Å². The van der Waals surface area contributed by atoms with Gasteiger partial charge in [-0.05, 0) is 38.5 Å². The predicted octanol–water partition coefficient (Wildman–Crippen LogP) is 2.38. The first-order valence-electron chi connectivity index (χ1n) is 7.49. The molecule has 0 aliphatic carbocycles. The van der Waals surface area contributed by atoms with Gasteiger partial charge in [-0.25, -0.2) is 4.79 Å². The Morgan fingerprint density at radius 3 is 2.91 bits per heavy atom. The zero-order valence-corrected chi connectivity index (χ0v) is 13.0. The van der Waals surface area contributed by atoms with Crippen LogP contribution >= 0.6 is 0 Å². The number of fused-ring (bicyclic) bond motifs is 3. The molecule has 1 aromatic carbocycles. The number of rotatable bonds is 4. The first-order chi connectivity index (χ1) is 10.9. The average molecular weight is 314 g/mol. The standard InChI is InChI=1S/C18H18O5/c1-11(19)6-5-9-18(2,21)15-10-13-16(23-15)12-7-3-4-8-14(12)22-17(13)20/h3-8,15,21H,9-10H2,1-2H3/b6-5+/t15-,18-/m0/s1. The molecular weight excluding hydrogens is 296 g/mol. The lowest BCUT2D eigenvalue weighted by molar-refractivity contribution is -0.112. The zero-order chi connectivity index (χ0) is 16.6. The highest BCUT2D eigenvalue weighted by atomic mass is 16.5. The van der Waals surface area contributed by atoms with Gasteiger partial charge in [0.15, 0.2) is 5.78 Å². The zero-order valence-electron chi connectivity index (χ0n) is 13.0. The number of carbonyl (C=O) groups is 1. The molecule has 0 radical (unpaired) electrons. The summed E-state index contributed by atoms with van der Waals surface area (Å²) in [6.07, 6.45) is 3.01. The SMILES string of the molecule is CC(=O)/C=C/C[C@](C)(O)[C@@H]1Cc2c(c3ccccc3oc2=O)O1. The van der Waals surface area contributed by atoms with Crippen LogP contribution in [0.5, 0.6) is 5.75 Å². The van der Waals surface area contributed by atoms with E-state index in [1.807, 2.05) is 12.1 Å². The van der Waals surface area contributed by atoms with Gasteiger partial charge in [0, 0.05) is 6.42 Å². The molecule has 0 saturated carbocycles. The van der Waals surface area contributed by atoms with Crippen LogP contribution in [-0.2, 0) is 11.2 Å². The fourth-order valence-electron chi connectivity index (χ4n) is 2.78. The monoisotopic (exact) mass is 314 g/mol. The van der Waals surface area contributed by atoms with E-state index in [0.29, 0.717) is 16.9 Å². The summed E-state index contributed by atoms with van der Waals surface area (Å²) in [5, 5.41) is 11.4. The van der Waals surface area contributed by atoms with Gasteiger partial charge in [0.1, 0.15) is 23.0 Å². The number of para-hydroxylation sites is 1. The second kappa shape index (κ2) is 5.66. The summed E-state index contributed by atoms with van der Waals surface area (Å²) in [5.74, 6) is 0.403. The van der Waals surface area contributed by atoms with Crippen molar-refractivity contribution in [2.45, 2.75) is 38.4 Å². The van der Waals surface area contributed by atoms with Gasteiger partial charge in [-0.15, -0.1) is 0 Å². The highest BCUT2D eigenvalue weighted by Gasteiger charge is 2.40. The third-order valence-electron chi connectivity index (χ3n) is 4.08. The Labute approximate surface area is 133 Å². The first-order valence-corrected chi connectivity index (χ1v) is 7.49. The number of ether oxygens (including phenoxy) is 1. The van der Waals surface area contributed by atoms with Gasteiger partial charge < -0.3 is 14.3 Å². The smallest absolute Gasteiger partial charge is 0.343 e. The highest BCUT2D eigenvalue weighted by Crippen LogP contribution is 2.37. The summed E-state index contributed by atoms with van der Waals surface area (Å²) in [4.78, 5) is 23.1. The van der Waals surface area contributed by atoms with E-state index in [4.69, 9.17) is 9.15 Å². The summed E-state index contributed by atoms with van der Waals surface area (Å²) in [7, 11) is 0. The van der Waals surface area contributed by atoms with Crippen LogP contribution in [0.1, 0.15) is 25.8 Å². The van der Waals surface area contributed by atoms with E-state index in [-0.39, 0.29) is 18.6 Å². The van der Waals surface area contributed by atoms with Gasteiger partial charge in [0.25, 0.3) is 0 Å². The molecule has 120 valence electrons. The minimum atomic E-state index is -1.20. The van der Waals surface area contributed by atoms with Crippen LogP contribution in [0.3, 0.4) is 0 Å². The molecule has 0 unspecified atom stereocenters. The van der Waals surface area contributed by atoms with Gasteiger partial charge in [-0.3, -0.25) is 4.79 Å². The van der Waals surface area contributed by atoms with Crippen molar-refractivity contribution in [3.63, 3.8) is 0 Å². The van der Waals surface area contributed by atoms with Crippen LogP contribution in [0.15, 0.2) is 45.6 Å². The van der Waals surface area contributed by atoms with Crippen LogP contribution < -0.4 is 10.4 Å². The van der Waals surface area contributed by atoms with Crippen LogP contribution in [0, 0.1) is 0 Å². The van der Waals surface area contributed by atoms with Crippen LogP contribution in [0.2, 0.25) is 0 Å². The van der Waals surface area contributed by atoms with Crippen molar-refractivity contribution < 1.29 is 19.1 Å². The van der Waals surface area contributed by atoms with Gasteiger partial charge in [-0.1, -0.05) is 18.2 Å². The van der Waals surface area contributed by atoms with Gasteiger partial charge in [-0.2, -0.15) is 0 Å². The highest BCUT2D eigenvalue weighted by molar-refractivity contribution is 5.87. The number of allylic oxidation sites excluding steroid dienone is 1. The Kier molecular flexibility index (Phi) is 3.82. The molecule has 23 heavy (non-hydrogen) atoms. The van der Waals surface area contributed by atoms with E-state index in [2.05, 4.69) is 0 Å². The van der Waals surface area contributed by atoms with E-state index in [9.17, 15) is 14.7 Å². The predicted molar refractivity (Wildman–Crippen MR) is 85.7 cm³/mol. The molecule has 0 amide bonds. The van der Waals surface area contributed by atoms with Crippen LogP contribution in [0.25, 0.3) is 11.0 Å². The fraction of sp³-hybridized carbons (Fsp3) is 0.333. The quantitative estimate of drug-likeness (QED) is 0.692. The average Bonchev–Trinajstić information content (AvgIpc) is 2.93. The summed E-state index contributed by atoms with van der Waals surface area (Å²) in [6.45, 7) is 3.09. The maximum absolute atomic E-state index is 12.1. The first kappa shape index (κ1) is 15.5. The Morgan fingerprint density at radius 2 is 2.17 bits per heavy atom. The lowest BCUT2D eigenvalue weighted by Crippen LogP contribution is -2.42. The van der Waals surface area contributed by atoms with E-state index in [0.717, 1.165) is 5.39 Å². The van der Waals surface area contributed by atoms with E-state index >= 15 is 0 Å². The Balaban J connectivity index is 1.92. The molecule has 0 fully saturated rings. The van der Waals surface area contributed by atoms with Gasteiger partial charge in [0.05, 0.1) is 10.9 Å². The molecule has 0 bridgehead atoms. The van der Waals surface area contributed by atoms with Crippen molar-refractivity contribution in [2.24, 2.45) is 0 Å². The minimum Gasteiger partial charge on any atom is -0.486 e. The molecular formula is C18H18O5. The minimum absolute atomic E-state index is 0.0805. The molecule has 1 aliphatic rings. The molecule has 1 aliphatic heterocycles. The van der Waals surface area contributed by atoms with Crippen molar-refractivity contribution >= 4 is 16.8 Å². The van der Waals surface area contributed by atoms with Crippen molar-refractivity contribution in [1.29, 1.82) is 0 Å². The summed E-state index contributed by atoms with van der Waals surface area (Å²) in [5.41, 5.74) is -0.716. The fourth-order valence-corrected chi connectivity index (χ4v) is 2.78. The number of carbonyl (C=O) groups excluding carboxylic acids is 1. The summed E-state index contributed by atoms with van der Waals surface area (Å²) >= 11 is 0. The van der Waals surface area contributed by atoms with Crippen molar-refractivity contribution in [2.75, 3.05) is 0 Å². The summed E-state index contributed by atoms with van der Waals surface area (Å²) in [6, 6.07) is 7.16. The normalized spacial score (nSPS) is 19.5. The molecule has 2 heterocycles. The van der Waals surface area contributed by atoms with Crippen LogP contribution in [0.4, 0.5) is 0 Å². The molecule has 3 rings (SSSR count). The Hall–Kier alpha value is -2.40. The topological polar surface area (TPSA) is 76.7 Å². The van der Waals surface area contributed by atoms with E-state index in [1.54, 1.807) is 25.1 Å². The number of aliphatic hydroxyl groups is 1. The summed E-state index contributed by atoms with van der Waals surface area (Å²) < 4.78 is 11.2. The number of benzene rings is 1. The molecule has 5 nitrogen and oxygen atoms in total. The Morgan fingerprint density at radius 1 is 1.43 bits per heavy atom. The van der Waals surface area contributed by atoms with Gasteiger partial charge in [0.2, 0.25) is 0 Å². The third-order valence-corrected chi connectivity index (χ3v) is 4.08. The molecule has 0 spiro atoms. The number of hydrogen-bond acceptors (Lipinski definition) is 5. The van der Waals surface area contributed by atoms with E-state index in [1.165, 1.54) is 13.0 Å². The van der Waals surface area contributed by atoms with Crippen LogP contribution in [-0.4, -0.2) is 22.6 Å². The molecule has 5 heteroatoms. The molecule has 1 N–H and O–H groups in total. The Bertz CT molecular complexity index is 844. The van der Waals surface area contributed by atoms with Crippen molar-refractivity contribution in [3.8, 4) is 5.75 Å². The molecule has 0 saturated heterocycles. The lowest BCUT2D eigenvalue weighted by atomic mass is 9.92. The maximum Gasteiger partial charge on any atom is 0.343 e. The lowest BCUT2D eigenvalue weighted by Gasteiger charge is -2.28. The number of hydrogen-bond donors (Lipinski definition) is 1. The molecule has 2 aromatic rings. The molecule has 1 aromatic heterocycles. The largest absolute Gasteiger partial charge is 0.486 e. The van der Waals surface area contributed by atoms with Crippen molar-refractivity contribution in [1.82, 2.24) is 0 Å². The maximum atomic E-state index is 12.1. The second-order valence-corrected chi connectivity index (χ2v) is 6.08. The second-order valence-electron chi connectivity index (χ2n) is 6.08. The van der Waals surface area contributed by atoms with Crippen molar-refractivity contribution in [3.05, 3.63) is 52.4 Å².